The van der Waals surface area contributed by atoms with Crippen molar-refractivity contribution in [2.24, 2.45) is 11.7 Å². The van der Waals surface area contributed by atoms with E-state index in [1.54, 1.807) is 0 Å². The van der Waals surface area contributed by atoms with Crippen LogP contribution in [0.3, 0.4) is 0 Å². The van der Waals surface area contributed by atoms with Crippen LogP contribution >= 0.6 is 0 Å². The number of carboxylic acids is 1. The third-order valence-corrected chi connectivity index (χ3v) is 3.10. The summed E-state index contributed by atoms with van der Waals surface area (Å²) in [7, 11) is 0. The zero-order chi connectivity index (χ0) is 11.6. The molecule has 1 aliphatic heterocycles. The molecule has 88 valence electrons. The van der Waals surface area contributed by atoms with Crippen molar-refractivity contribution in [3.8, 4) is 0 Å². The van der Waals surface area contributed by atoms with Crippen LogP contribution in [0.5, 0.6) is 0 Å². The van der Waals surface area contributed by atoms with Gasteiger partial charge >= 0.3 is 5.97 Å². The molecule has 0 saturated carbocycles. The molecule has 0 aromatic heterocycles. The number of nitrogens with two attached hydrogens (primary N) is 1. The second-order valence-electron chi connectivity index (χ2n) is 4.69. The number of carboxylic acid groups (broad SMARTS) is 1. The van der Waals surface area contributed by atoms with E-state index in [9.17, 15) is 9.90 Å². The van der Waals surface area contributed by atoms with Crippen molar-refractivity contribution in [3.63, 3.8) is 0 Å². The second-order valence-corrected chi connectivity index (χ2v) is 4.69. The van der Waals surface area contributed by atoms with Crippen LogP contribution in [0.2, 0.25) is 0 Å². The number of likely N-dealkylation sites (tertiary alicyclic amines) is 1. The lowest BCUT2D eigenvalue weighted by Gasteiger charge is -2.28. The fourth-order valence-corrected chi connectivity index (χ4v) is 2.07. The summed E-state index contributed by atoms with van der Waals surface area (Å²) in [5.41, 5.74) is 3.91. The Bertz CT molecular complexity index is 243. The largest absolute Gasteiger partial charge is 0.479 e. The number of β-amino-alcohol motifs (C(OH)–C–C–N with tert-alkyl or cyclic N) is 1. The Morgan fingerprint density at radius 2 is 2.27 bits per heavy atom. The Hall–Kier alpha value is -0.650. The molecule has 0 amide bonds. The molecule has 4 N–H and O–H groups in total. The zero-order valence-corrected chi connectivity index (χ0v) is 9.31. The van der Waals surface area contributed by atoms with Crippen molar-refractivity contribution in [1.29, 1.82) is 0 Å². The third-order valence-electron chi connectivity index (χ3n) is 3.10. The summed E-state index contributed by atoms with van der Waals surface area (Å²) in [6.07, 6.45) is 0.978. The first-order valence-corrected chi connectivity index (χ1v) is 5.26. The van der Waals surface area contributed by atoms with E-state index in [1.165, 1.54) is 6.92 Å². The topological polar surface area (TPSA) is 86.8 Å². The molecular formula is C10H20N2O3. The first-order chi connectivity index (χ1) is 6.86. The molecule has 3 atom stereocenters. The van der Waals surface area contributed by atoms with Crippen molar-refractivity contribution in [2.75, 3.05) is 19.6 Å². The maximum Gasteiger partial charge on any atom is 0.336 e. The molecule has 0 aromatic carbocycles. The van der Waals surface area contributed by atoms with Gasteiger partial charge in [-0.1, -0.05) is 0 Å². The maximum atomic E-state index is 10.8. The Labute approximate surface area is 89.9 Å². The van der Waals surface area contributed by atoms with E-state index in [2.05, 4.69) is 0 Å². The second kappa shape index (κ2) is 4.47. The van der Waals surface area contributed by atoms with E-state index in [4.69, 9.17) is 10.8 Å². The monoisotopic (exact) mass is 216 g/mol. The molecule has 1 fully saturated rings. The van der Waals surface area contributed by atoms with Gasteiger partial charge in [-0.05, 0) is 32.7 Å². The number of hydrogen-bond donors (Lipinski definition) is 3. The first kappa shape index (κ1) is 12.4. The molecule has 3 unspecified atom stereocenters. The molecular weight excluding hydrogens is 196 g/mol. The standard InChI is InChI=1S/C10H20N2O3/c1-7-3-8(4-11)5-12(7)6-10(2,15)9(13)14/h7-8,15H,3-6,11H2,1-2H3,(H,13,14). The van der Waals surface area contributed by atoms with Crippen LogP contribution in [-0.4, -0.2) is 52.4 Å². The average Bonchev–Trinajstić information content (AvgIpc) is 2.46. The number of carbonyl (C=O) groups is 1. The SMILES string of the molecule is CC1CC(CN)CN1CC(C)(O)C(=O)O. The number of aliphatic hydroxyl groups is 1. The smallest absolute Gasteiger partial charge is 0.336 e. The summed E-state index contributed by atoms with van der Waals surface area (Å²) in [6, 6.07) is 0.296. The molecule has 1 saturated heterocycles. The van der Waals surface area contributed by atoms with E-state index >= 15 is 0 Å². The minimum absolute atomic E-state index is 0.167. The van der Waals surface area contributed by atoms with Crippen molar-refractivity contribution in [2.45, 2.75) is 31.9 Å². The molecule has 0 spiro atoms. The molecule has 0 aliphatic carbocycles. The van der Waals surface area contributed by atoms with Gasteiger partial charge in [-0.2, -0.15) is 0 Å². The van der Waals surface area contributed by atoms with Gasteiger partial charge in [0.25, 0.3) is 0 Å². The van der Waals surface area contributed by atoms with E-state index < -0.39 is 11.6 Å². The summed E-state index contributed by atoms with van der Waals surface area (Å²) in [4.78, 5) is 12.8. The van der Waals surface area contributed by atoms with Crippen LogP contribution in [0, 0.1) is 5.92 Å². The first-order valence-electron chi connectivity index (χ1n) is 5.26. The predicted octanol–water partition coefficient (Wildman–Crippen LogP) is -0.509. The molecule has 5 heteroatoms. The number of hydrogen-bond acceptors (Lipinski definition) is 4. The van der Waals surface area contributed by atoms with Crippen molar-refractivity contribution >= 4 is 5.97 Å². The third kappa shape index (κ3) is 2.90. The maximum absolute atomic E-state index is 10.8. The molecule has 1 heterocycles. The van der Waals surface area contributed by atoms with Gasteiger partial charge in [0.15, 0.2) is 5.60 Å². The Kier molecular flexibility index (Phi) is 3.70. The van der Waals surface area contributed by atoms with E-state index in [-0.39, 0.29) is 6.54 Å². The van der Waals surface area contributed by atoms with Crippen LogP contribution in [-0.2, 0) is 4.79 Å². The van der Waals surface area contributed by atoms with Crippen LogP contribution < -0.4 is 5.73 Å². The van der Waals surface area contributed by atoms with Gasteiger partial charge in [-0.25, -0.2) is 4.79 Å². The van der Waals surface area contributed by atoms with Gasteiger partial charge in [-0.15, -0.1) is 0 Å². The van der Waals surface area contributed by atoms with Gasteiger partial charge in [0.2, 0.25) is 0 Å². The molecule has 15 heavy (non-hydrogen) atoms. The molecule has 1 aliphatic rings. The molecule has 5 nitrogen and oxygen atoms in total. The highest BCUT2D eigenvalue weighted by Gasteiger charge is 2.37. The molecule has 0 aromatic rings. The Morgan fingerprint density at radius 3 is 2.67 bits per heavy atom. The van der Waals surface area contributed by atoms with Gasteiger partial charge < -0.3 is 15.9 Å². The van der Waals surface area contributed by atoms with Gasteiger partial charge in [0.1, 0.15) is 0 Å². The Balaban J connectivity index is 2.56. The van der Waals surface area contributed by atoms with Crippen LogP contribution in [0.25, 0.3) is 0 Å². The van der Waals surface area contributed by atoms with Gasteiger partial charge in [0.05, 0.1) is 0 Å². The number of nitrogens with zero attached hydrogens (tertiary/aromatic N) is 1. The van der Waals surface area contributed by atoms with Crippen molar-refractivity contribution < 1.29 is 15.0 Å². The van der Waals surface area contributed by atoms with Crippen LogP contribution in [0.4, 0.5) is 0 Å². The fraction of sp³-hybridized carbons (Fsp3) is 0.900. The Morgan fingerprint density at radius 1 is 1.67 bits per heavy atom. The summed E-state index contributed by atoms with van der Waals surface area (Å²) in [5.74, 6) is -0.754. The number of rotatable bonds is 4. The molecule has 0 radical (unpaired) electrons. The predicted molar refractivity (Wildman–Crippen MR) is 56.5 cm³/mol. The van der Waals surface area contributed by atoms with E-state index in [1.807, 2.05) is 11.8 Å². The minimum atomic E-state index is -1.67. The summed E-state index contributed by atoms with van der Waals surface area (Å²) < 4.78 is 0. The van der Waals surface area contributed by atoms with Gasteiger partial charge in [-0.3, -0.25) is 4.90 Å². The molecule has 1 rings (SSSR count). The summed E-state index contributed by atoms with van der Waals surface area (Å²) in [5, 5.41) is 18.5. The normalized spacial score (nSPS) is 31.5. The average molecular weight is 216 g/mol. The highest BCUT2D eigenvalue weighted by molar-refractivity contribution is 5.76. The lowest BCUT2D eigenvalue weighted by Crippen LogP contribution is -2.47. The highest BCUT2D eigenvalue weighted by Crippen LogP contribution is 2.23. The minimum Gasteiger partial charge on any atom is -0.479 e. The zero-order valence-electron chi connectivity index (χ0n) is 9.31. The quantitative estimate of drug-likeness (QED) is 0.589. The lowest BCUT2D eigenvalue weighted by molar-refractivity contribution is -0.158. The van der Waals surface area contributed by atoms with E-state index in [0.717, 1.165) is 13.0 Å². The summed E-state index contributed by atoms with van der Waals surface area (Å²) in [6.45, 7) is 4.93. The van der Waals surface area contributed by atoms with Gasteiger partial charge in [0, 0.05) is 19.1 Å². The highest BCUT2D eigenvalue weighted by atomic mass is 16.4. The number of aliphatic carboxylic acids is 1. The summed E-state index contributed by atoms with van der Waals surface area (Å²) >= 11 is 0. The van der Waals surface area contributed by atoms with Crippen molar-refractivity contribution in [1.82, 2.24) is 4.90 Å². The molecule has 0 bridgehead atoms. The lowest BCUT2D eigenvalue weighted by atomic mass is 10.1. The fourth-order valence-electron chi connectivity index (χ4n) is 2.07. The van der Waals surface area contributed by atoms with Crippen LogP contribution in [0.15, 0.2) is 0 Å². The van der Waals surface area contributed by atoms with Crippen molar-refractivity contribution in [3.05, 3.63) is 0 Å². The van der Waals surface area contributed by atoms with Crippen LogP contribution in [0.1, 0.15) is 20.3 Å². The van der Waals surface area contributed by atoms with E-state index in [0.29, 0.717) is 18.5 Å².